The van der Waals surface area contributed by atoms with Crippen molar-refractivity contribution in [1.29, 1.82) is 0 Å². The number of fused-ring (bicyclic) bond motifs is 4. The third-order valence-corrected chi connectivity index (χ3v) is 6.24. The van der Waals surface area contributed by atoms with Gasteiger partial charge in [0.1, 0.15) is 18.0 Å². The van der Waals surface area contributed by atoms with Crippen LogP contribution in [0.5, 0.6) is 0 Å². The predicted molar refractivity (Wildman–Crippen MR) is 112 cm³/mol. The fraction of sp³-hybridized carbons (Fsp3) is 0.304. The highest BCUT2D eigenvalue weighted by Gasteiger charge is 2.50. The molecule has 0 N–H and O–H groups in total. The van der Waals surface area contributed by atoms with Crippen LogP contribution in [0.4, 0.5) is 24.7 Å². The Labute approximate surface area is 181 Å². The fourth-order valence-corrected chi connectivity index (χ4v) is 4.29. The van der Waals surface area contributed by atoms with E-state index in [9.17, 15) is 13.2 Å². The smallest absolute Gasteiger partial charge is 0.257 e. The van der Waals surface area contributed by atoms with E-state index in [1.54, 1.807) is 29.2 Å². The van der Waals surface area contributed by atoms with E-state index in [0.717, 1.165) is 29.6 Å². The molecule has 0 unspecified atom stereocenters. The summed E-state index contributed by atoms with van der Waals surface area (Å²) in [6, 6.07) is 4.51. The number of rotatable bonds is 2. The van der Waals surface area contributed by atoms with Crippen molar-refractivity contribution in [2.75, 3.05) is 11.4 Å². The van der Waals surface area contributed by atoms with E-state index >= 15 is 0 Å². The molecule has 0 amide bonds. The van der Waals surface area contributed by atoms with E-state index in [1.807, 2.05) is 4.90 Å². The fourth-order valence-electron chi connectivity index (χ4n) is 4.29. The number of pyridine rings is 1. The van der Waals surface area contributed by atoms with Gasteiger partial charge in [-0.05, 0) is 49.4 Å². The first kappa shape index (κ1) is 19.0. The second kappa shape index (κ2) is 6.92. The number of nitrogens with zero attached hydrogens (tertiary/aromatic N) is 6. The van der Waals surface area contributed by atoms with Gasteiger partial charge >= 0.3 is 0 Å². The summed E-state index contributed by atoms with van der Waals surface area (Å²) in [4.78, 5) is 11.0. The summed E-state index contributed by atoms with van der Waals surface area (Å²) in [5.41, 5.74) is 1.95. The van der Waals surface area contributed by atoms with Gasteiger partial charge in [0.25, 0.3) is 12.2 Å². The first-order valence-electron chi connectivity index (χ1n) is 10.4. The predicted octanol–water partition coefficient (Wildman–Crippen LogP) is 4.29. The van der Waals surface area contributed by atoms with Gasteiger partial charge in [0.15, 0.2) is 0 Å². The molecule has 4 heterocycles. The number of halogens is 3. The van der Waals surface area contributed by atoms with E-state index in [4.69, 9.17) is 0 Å². The molecular formula is C23H17F3N6. The average molecular weight is 434 g/mol. The summed E-state index contributed by atoms with van der Waals surface area (Å²) in [7, 11) is 0. The van der Waals surface area contributed by atoms with Gasteiger partial charge in [-0.25, -0.2) is 13.2 Å². The van der Waals surface area contributed by atoms with Crippen LogP contribution in [-0.4, -0.2) is 37.5 Å². The molecule has 0 bridgehead atoms. The molecule has 1 aliphatic carbocycles. The van der Waals surface area contributed by atoms with E-state index in [1.165, 1.54) is 12.1 Å². The van der Waals surface area contributed by atoms with Gasteiger partial charge in [-0.2, -0.15) is 4.98 Å². The molecule has 1 fully saturated rings. The van der Waals surface area contributed by atoms with Crippen molar-refractivity contribution in [2.45, 2.75) is 32.1 Å². The van der Waals surface area contributed by atoms with Crippen LogP contribution in [0.3, 0.4) is 0 Å². The molecule has 1 saturated carbocycles. The number of hydrogen-bond acceptors (Lipinski definition) is 5. The molecule has 0 saturated heterocycles. The Hall–Kier alpha value is -3.67. The van der Waals surface area contributed by atoms with Gasteiger partial charge in [0.05, 0.1) is 22.8 Å². The van der Waals surface area contributed by atoms with Crippen LogP contribution in [0.15, 0.2) is 36.9 Å². The molecule has 6 rings (SSSR count). The van der Waals surface area contributed by atoms with Crippen LogP contribution in [0, 0.1) is 23.1 Å². The van der Waals surface area contributed by atoms with Gasteiger partial charge < -0.3 is 4.90 Å². The minimum atomic E-state index is -2.45. The van der Waals surface area contributed by atoms with E-state index in [2.05, 4.69) is 32.0 Å². The SMILES string of the molecule is Fc1ccc2c(c1)c(N1CCCc3c(C#CC4(C(F)F)CC4)cncc31)nc1nncn12. The third kappa shape index (κ3) is 2.90. The molecule has 1 aromatic carbocycles. The first-order valence-corrected chi connectivity index (χ1v) is 10.4. The Bertz CT molecular complexity index is 1430. The van der Waals surface area contributed by atoms with Gasteiger partial charge in [0, 0.05) is 23.7 Å². The molecule has 2 aliphatic rings. The minimum Gasteiger partial charge on any atom is -0.324 e. The number of alkyl halides is 2. The van der Waals surface area contributed by atoms with Crippen LogP contribution in [-0.2, 0) is 6.42 Å². The van der Waals surface area contributed by atoms with E-state index in [-0.39, 0.29) is 5.82 Å². The van der Waals surface area contributed by atoms with Crippen molar-refractivity contribution in [3.8, 4) is 11.8 Å². The standard InChI is InChI=1S/C23H17F3N6/c24-15-3-4-18-17(10-15)20(29-22-30-28-13-32(18)22)31-9-1-2-16-14(11-27-12-19(16)31)5-6-23(7-8-23)21(25)26/h3-4,10-13,21H,1-2,7-9H2. The second-order valence-electron chi connectivity index (χ2n) is 8.24. The van der Waals surface area contributed by atoms with Crippen molar-refractivity contribution in [3.63, 3.8) is 0 Å². The Morgan fingerprint density at radius 2 is 2.03 bits per heavy atom. The lowest BCUT2D eigenvalue weighted by Crippen LogP contribution is -2.26. The lowest BCUT2D eigenvalue weighted by molar-refractivity contribution is 0.0921. The van der Waals surface area contributed by atoms with Gasteiger partial charge in [0.2, 0.25) is 0 Å². The number of hydrogen-bond donors (Lipinski definition) is 0. The maximum absolute atomic E-state index is 14.2. The van der Waals surface area contributed by atoms with Gasteiger partial charge in [-0.15, -0.1) is 10.2 Å². The highest BCUT2D eigenvalue weighted by atomic mass is 19.3. The largest absolute Gasteiger partial charge is 0.324 e. The van der Waals surface area contributed by atoms with Crippen molar-refractivity contribution < 1.29 is 13.2 Å². The number of aromatic nitrogens is 5. The minimum absolute atomic E-state index is 0.371. The molecule has 160 valence electrons. The van der Waals surface area contributed by atoms with Crippen molar-refractivity contribution in [3.05, 3.63) is 53.9 Å². The molecule has 9 heteroatoms. The first-order chi connectivity index (χ1) is 15.6. The lowest BCUT2D eigenvalue weighted by Gasteiger charge is -2.31. The molecule has 1 aliphatic heterocycles. The topological polar surface area (TPSA) is 59.2 Å². The Kier molecular flexibility index (Phi) is 4.12. The van der Waals surface area contributed by atoms with Crippen LogP contribution in [0.25, 0.3) is 16.7 Å². The average Bonchev–Trinajstić information content (AvgIpc) is 3.45. The molecule has 32 heavy (non-hydrogen) atoms. The zero-order valence-corrected chi connectivity index (χ0v) is 16.9. The second-order valence-corrected chi connectivity index (χ2v) is 8.24. The molecule has 3 aromatic heterocycles. The summed E-state index contributed by atoms with van der Waals surface area (Å²) in [6.07, 6.45) is 4.85. The quantitative estimate of drug-likeness (QED) is 0.441. The van der Waals surface area contributed by atoms with Crippen molar-refractivity contribution in [2.24, 2.45) is 5.41 Å². The summed E-state index contributed by atoms with van der Waals surface area (Å²) in [6.45, 7) is 0.648. The molecule has 0 atom stereocenters. The molecule has 0 spiro atoms. The number of anilines is 2. The molecule has 4 aromatic rings. The zero-order chi connectivity index (χ0) is 21.9. The van der Waals surface area contributed by atoms with Gasteiger partial charge in [-0.3, -0.25) is 9.38 Å². The third-order valence-electron chi connectivity index (χ3n) is 6.24. The van der Waals surface area contributed by atoms with Crippen LogP contribution in [0.2, 0.25) is 0 Å². The van der Waals surface area contributed by atoms with Crippen molar-refractivity contribution in [1.82, 2.24) is 24.6 Å². The van der Waals surface area contributed by atoms with Crippen molar-refractivity contribution >= 4 is 28.2 Å². The number of benzene rings is 1. The Balaban J connectivity index is 1.51. The maximum Gasteiger partial charge on any atom is 0.257 e. The summed E-state index contributed by atoms with van der Waals surface area (Å²) in [5.74, 6) is 6.37. The summed E-state index contributed by atoms with van der Waals surface area (Å²) in [5, 5.41) is 8.63. The Morgan fingerprint density at radius 3 is 2.84 bits per heavy atom. The highest BCUT2D eigenvalue weighted by Crippen LogP contribution is 2.50. The highest BCUT2D eigenvalue weighted by molar-refractivity contribution is 5.94. The Morgan fingerprint density at radius 1 is 1.16 bits per heavy atom. The van der Waals surface area contributed by atoms with E-state index in [0.29, 0.717) is 41.9 Å². The van der Waals surface area contributed by atoms with Crippen LogP contribution in [0.1, 0.15) is 30.4 Å². The summed E-state index contributed by atoms with van der Waals surface area (Å²) >= 11 is 0. The molecular weight excluding hydrogens is 417 g/mol. The normalized spacial score (nSPS) is 16.8. The monoisotopic (exact) mass is 434 g/mol. The summed E-state index contributed by atoms with van der Waals surface area (Å²) < 4.78 is 42.5. The molecule has 0 radical (unpaired) electrons. The lowest BCUT2D eigenvalue weighted by atomic mass is 9.97. The maximum atomic E-state index is 14.2. The van der Waals surface area contributed by atoms with Crippen LogP contribution < -0.4 is 4.90 Å². The van der Waals surface area contributed by atoms with Gasteiger partial charge in [-0.1, -0.05) is 11.8 Å². The zero-order valence-electron chi connectivity index (χ0n) is 16.9. The van der Waals surface area contributed by atoms with E-state index < -0.39 is 11.8 Å². The molecule has 6 nitrogen and oxygen atoms in total. The van der Waals surface area contributed by atoms with Crippen LogP contribution >= 0.6 is 0 Å².